The van der Waals surface area contributed by atoms with E-state index < -0.39 is 10.0 Å². The van der Waals surface area contributed by atoms with Crippen LogP contribution in [0.5, 0.6) is 0 Å². The normalized spacial score (nSPS) is 23.0. The van der Waals surface area contributed by atoms with Gasteiger partial charge in [0.2, 0.25) is 10.0 Å². The fourth-order valence-electron chi connectivity index (χ4n) is 3.98. The summed E-state index contributed by atoms with van der Waals surface area (Å²) in [4.78, 5) is 0. The molecule has 0 spiro atoms. The first kappa shape index (κ1) is 18.6. The highest BCUT2D eigenvalue weighted by Gasteiger charge is 2.33. The van der Waals surface area contributed by atoms with Crippen molar-refractivity contribution >= 4 is 33.4 Å². The van der Waals surface area contributed by atoms with Crippen LogP contribution in [0.2, 0.25) is 0 Å². The van der Waals surface area contributed by atoms with Gasteiger partial charge in [0, 0.05) is 24.5 Å². The molecule has 2 aromatic rings. The molecule has 0 bridgehead atoms. The van der Waals surface area contributed by atoms with E-state index in [1.165, 1.54) is 12.8 Å². The molecular formula is C17H24ClN3O3S. The molecule has 4 rings (SSSR count). The fourth-order valence-corrected chi connectivity index (χ4v) is 5.48. The summed E-state index contributed by atoms with van der Waals surface area (Å²) in [6.45, 7) is 2.32. The maximum atomic E-state index is 12.8. The smallest absolute Gasteiger partial charge is 0.220 e. The van der Waals surface area contributed by atoms with E-state index in [-0.39, 0.29) is 18.2 Å². The Bertz CT molecular complexity index is 809. The molecule has 2 fully saturated rings. The SMILES string of the molecule is Cl.O=S(=O)(Cc1noc2ccccc12)N1CCC(C2CCCN2)CC1. The number of fused-ring (bicyclic) bond motifs is 1. The van der Waals surface area contributed by atoms with Crippen molar-refractivity contribution in [3.63, 3.8) is 0 Å². The summed E-state index contributed by atoms with van der Waals surface area (Å²) in [5, 5.41) is 8.29. The Kier molecular flexibility index (Phi) is 5.68. The highest BCUT2D eigenvalue weighted by Crippen LogP contribution is 2.28. The van der Waals surface area contributed by atoms with Gasteiger partial charge in [0.15, 0.2) is 5.58 Å². The van der Waals surface area contributed by atoms with Crippen molar-refractivity contribution in [2.75, 3.05) is 19.6 Å². The van der Waals surface area contributed by atoms with E-state index in [1.54, 1.807) is 10.4 Å². The van der Waals surface area contributed by atoms with Crippen molar-refractivity contribution in [1.29, 1.82) is 0 Å². The lowest BCUT2D eigenvalue weighted by Crippen LogP contribution is -2.43. The highest BCUT2D eigenvalue weighted by molar-refractivity contribution is 7.88. The maximum Gasteiger partial charge on any atom is 0.220 e. The molecule has 1 N–H and O–H groups in total. The molecule has 2 saturated heterocycles. The van der Waals surface area contributed by atoms with Gasteiger partial charge in [-0.1, -0.05) is 17.3 Å². The van der Waals surface area contributed by atoms with Crippen LogP contribution in [0.4, 0.5) is 0 Å². The van der Waals surface area contributed by atoms with Crippen molar-refractivity contribution in [1.82, 2.24) is 14.8 Å². The van der Waals surface area contributed by atoms with E-state index in [0.29, 0.717) is 36.3 Å². The Morgan fingerprint density at radius 3 is 2.68 bits per heavy atom. The first-order valence-electron chi connectivity index (χ1n) is 8.68. The van der Waals surface area contributed by atoms with Gasteiger partial charge in [-0.05, 0) is 50.3 Å². The van der Waals surface area contributed by atoms with Crippen molar-refractivity contribution in [2.24, 2.45) is 5.92 Å². The average molecular weight is 386 g/mol. The van der Waals surface area contributed by atoms with Gasteiger partial charge in [-0.25, -0.2) is 12.7 Å². The largest absolute Gasteiger partial charge is 0.356 e. The zero-order valence-corrected chi connectivity index (χ0v) is 15.7. The monoisotopic (exact) mass is 385 g/mol. The molecule has 25 heavy (non-hydrogen) atoms. The molecular weight excluding hydrogens is 362 g/mol. The van der Waals surface area contributed by atoms with Crippen molar-refractivity contribution in [3.05, 3.63) is 30.0 Å². The van der Waals surface area contributed by atoms with Crippen LogP contribution in [0.25, 0.3) is 11.0 Å². The minimum atomic E-state index is -3.35. The van der Waals surface area contributed by atoms with Crippen LogP contribution in [0.3, 0.4) is 0 Å². The summed E-state index contributed by atoms with van der Waals surface area (Å²) in [6, 6.07) is 7.96. The molecule has 138 valence electrons. The molecule has 8 heteroatoms. The molecule has 0 amide bonds. The van der Waals surface area contributed by atoms with Gasteiger partial charge in [0.25, 0.3) is 0 Å². The summed E-state index contributed by atoms with van der Waals surface area (Å²) in [5.41, 5.74) is 1.14. The quantitative estimate of drug-likeness (QED) is 0.875. The number of halogens is 1. The lowest BCUT2D eigenvalue weighted by molar-refractivity contribution is 0.234. The topological polar surface area (TPSA) is 75.4 Å². The third-order valence-electron chi connectivity index (χ3n) is 5.33. The predicted octanol–water partition coefficient (Wildman–Crippen LogP) is 2.54. The Morgan fingerprint density at radius 2 is 1.96 bits per heavy atom. The molecule has 2 aliphatic heterocycles. The molecule has 1 unspecified atom stereocenters. The Balaban J connectivity index is 0.00000182. The first-order valence-corrected chi connectivity index (χ1v) is 10.3. The van der Waals surface area contributed by atoms with E-state index in [0.717, 1.165) is 24.8 Å². The second kappa shape index (κ2) is 7.61. The van der Waals surface area contributed by atoms with Crippen LogP contribution in [0.1, 0.15) is 31.4 Å². The van der Waals surface area contributed by atoms with Crippen molar-refractivity contribution in [2.45, 2.75) is 37.5 Å². The van der Waals surface area contributed by atoms with Gasteiger partial charge in [-0.15, -0.1) is 12.4 Å². The molecule has 0 radical (unpaired) electrons. The second-order valence-corrected chi connectivity index (χ2v) is 8.79. The van der Waals surface area contributed by atoms with Crippen molar-refractivity contribution in [3.8, 4) is 0 Å². The van der Waals surface area contributed by atoms with Crippen LogP contribution in [-0.2, 0) is 15.8 Å². The molecule has 6 nitrogen and oxygen atoms in total. The summed E-state index contributed by atoms with van der Waals surface area (Å²) < 4.78 is 32.4. The lowest BCUT2D eigenvalue weighted by Gasteiger charge is -2.34. The van der Waals surface area contributed by atoms with Crippen molar-refractivity contribution < 1.29 is 12.9 Å². The van der Waals surface area contributed by atoms with E-state index in [2.05, 4.69) is 10.5 Å². The van der Waals surface area contributed by atoms with Gasteiger partial charge < -0.3 is 9.84 Å². The number of nitrogens with one attached hydrogen (secondary N) is 1. The van der Waals surface area contributed by atoms with Crippen LogP contribution < -0.4 is 5.32 Å². The van der Waals surface area contributed by atoms with E-state index >= 15 is 0 Å². The van der Waals surface area contributed by atoms with E-state index in [4.69, 9.17) is 4.52 Å². The molecule has 1 aromatic heterocycles. The standard InChI is InChI=1S/C17H23N3O3S.ClH/c21-24(22,12-16-14-4-1-2-6-17(14)23-19-16)20-10-7-13(8-11-20)15-5-3-9-18-15;/h1-2,4,6,13,15,18H,3,5,7-12H2;1H. The molecule has 1 aromatic carbocycles. The number of sulfonamides is 1. The van der Waals surface area contributed by atoms with E-state index in [1.807, 2.05) is 18.2 Å². The molecule has 0 aliphatic carbocycles. The molecule has 2 aliphatic rings. The Labute approximate surface area is 154 Å². The number of nitrogens with zero attached hydrogens (tertiary/aromatic N) is 2. The average Bonchev–Trinajstić information content (AvgIpc) is 3.25. The van der Waals surface area contributed by atoms with Gasteiger partial charge in [-0.2, -0.15) is 0 Å². The van der Waals surface area contributed by atoms with Gasteiger partial charge >= 0.3 is 0 Å². The van der Waals surface area contributed by atoms with Gasteiger partial charge in [0.1, 0.15) is 11.4 Å². The third kappa shape index (κ3) is 3.84. The van der Waals surface area contributed by atoms with Crippen LogP contribution >= 0.6 is 12.4 Å². The lowest BCUT2D eigenvalue weighted by atomic mass is 9.89. The fraction of sp³-hybridized carbons (Fsp3) is 0.588. The Hall–Kier alpha value is -1.15. The molecule has 3 heterocycles. The van der Waals surface area contributed by atoms with Gasteiger partial charge in [0.05, 0.1) is 0 Å². The summed E-state index contributed by atoms with van der Waals surface area (Å²) >= 11 is 0. The van der Waals surface area contributed by atoms with Crippen LogP contribution in [-0.4, -0.2) is 43.6 Å². The molecule has 1 atom stereocenters. The predicted molar refractivity (Wildman–Crippen MR) is 99.2 cm³/mol. The minimum Gasteiger partial charge on any atom is -0.356 e. The summed E-state index contributed by atoms with van der Waals surface area (Å²) in [7, 11) is -3.35. The zero-order valence-electron chi connectivity index (χ0n) is 14.1. The first-order chi connectivity index (χ1) is 11.6. The Morgan fingerprint density at radius 1 is 1.20 bits per heavy atom. The molecule has 0 saturated carbocycles. The number of aromatic nitrogens is 1. The highest BCUT2D eigenvalue weighted by atomic mass is 35.5. The number of hydrogen-bond acceptors (Lipinski definition) is 5. The third-order valence-corrected chi connectivity index (χ3v) is 7.12. The zero-order chi connectivity index (χ0) is 16.6. The number of para-hydroxylation sites is 1. The van der Waals surface area contributed by atoms with Crippen LogP contribution in [0, 0.1) is 5.92 Å². The number of rotatable bonds is 4. The maximum absolute atomic E-state index is 12.8. The summed E-state index contributed by atoms with van der Waals surface area (Å²) in [6.07, 6.45) is 4.34. The number of hydrogen-bond donors (Lipinski definition) is 1. The number of piperidine rings is 1. The summed E-state index contributed by atoms with van der Waals surface area (Å²) in [5.74, 6) is 0.517. The number of benzene rings is 1. The van der Waals surface area contributed by atoms with Gasteiger partial charge in [-0.3, -0.25) is 0 Å². The van der Waals surface area contributed by atoms with Crippen LogP contribution in [0.15, 0.2) is 28.8 Å². The minimum absolute atomic E-state index is 0. The van der Waals surface area contributed by atoms with E-state index in [9.17, 15) is 8.42 Å². The second-order valence-electron chi connectivity index (χ2n) is 6.82.